The van der Waals surface area contributed by atoms with Crippen LogP contribution in [0.1, 0.15) is 10.4 Å². The average Bonchev–Trinajstić information content (AvgIpc) is 2.55. The third-order valence-corrected chi connectivity index (χ3v) is 3.38. The molecule has 0 atom stereocenters. The lowest BCUT2D eigenvalue weighted by Gasteiger charge is -2.12. The summed E-state index contributed by atoms with van der Waals surface area (Å²) in [6.45, 7) is 0. The maximum absolute atomic E-state index is 12.0. The SMILES string of the molecule is COc1ccccc1NC(=O)NNC(=O)c1cc(Cl)ccc1Cl. The standard InChI is InChI=1S/C15H13Cl2N3O3/c1-23-13-5-3-2-4-12(13)18-15(22)20-19-14(21)10-8-9(16)6-7-11(10)17/h2-8H,1H3,(H,19,21)(H2,18,20,22). The van der Waals surface area contributed by atoms with Gasteiger partial charge in [0.15, 0.2) is 0 Å². The number of carbonyl (C=O) groups excluding carboxylic acids is 2. The van der Waals surface area contributed by atoms with Crippen molar-refractivity contribution in [3.05, 3.63) is 58.1 Å². The summed E-state index contributed by atoms with van der Waals surface area (Å²) in [5.41, 5.74) is 5.07. The van der Waals surface area contributed by atoms with E-state index >= 15 is 0 Å². The summed E-state index contributed by atoms with van der Waals surface area (Å²) < 4.78 is 5.11. The Bertz CT molecular complexity index is 738. The molecule has 0 fully saturated rings. The number of amides is 3. The fraction of sp³-hybridized carbons (Fsp3) is 0.0667. The van der Waals surface area contributed by atoms with E-state index in [9.17, 15) is 9.59 Å². The number of nitrogens with one attached hydrogen (secondary N) is 3. The molecule has 2 aromatic carbocycles. The Morgan fingerprint density at radius 3 is 2.52 bits per heavy atom. The van der Waals surface area contributed by atoms with Gasteiger partial charge in [0, 0.05) is 5.02 Å². The predicted octanol–water partition coefficient (Wildman–Crippen LogP) is 3.47. The molecule has 0 heterocycles. The van der Waals surface area contributed by atoms with Crippen molar-refractivity contribution in [2.75, 3.05) is 12.4 Å². The van der Waals surface area contributed by atoms with Crippen molar-refractivity contribution in [2.24, 2.45) is 0 Å². The Hall–Kier alpha value is -2.44. The summed E-state index contributed by atoms with van der Waals surface area (Å²) in [6, 6.07) is 10.7. The molecule has 0 aliphatic heterocycles. The maximum atomic E-state index is 12.0. The van der Waals surface area contributed by atoms with Gasteiger partial charge >= 0.3 is 6.03 Å². The number of halogens is 2. The van der Waals surface area contributed by atoms with Crippen molar-refractivity contribution in [3.63, 3.8) is 0 Å². The van der Waals surface area contributed by atoms with Gasteiger partial charge in [-0.3, -0.25) is 10.2 Å². The Balaban J connectivity index is 1.96. The number of urea groups is 1. The molecule has 0 saturated heterocycles. The first-order chi connectivity index (χ1) is 11.0. The molecule has 2 aromatic rings. The van der Waals surface area contributed by atoms with Gasteiger partial charge in [-0.15, -0.1) is 0 Å². The largest absolute Gasteiger partial charge is 0.495 e. The van der Waals surface area contributed by atoms with Crippen LogP contribution in [0.25, 0.3) is 0 Å². The monoisotopic (exact) mass is 353 g/mol. The molecule has 0 aromatic heterocycles. The van der Waals surface area contributed by atoms with Crippen LogP contribution >= 0.6 is 23.2 Å². The first kappa shape index (κ1) is 16.9. The summed E-state index contributed by atoms with van der Waals surface area (Å²) in [5, 5.41) is 3.13. The van der Waals surface area contributed by atoms with Gasteiger partial charge in [0.1, 0.15) is 5.75 Å². The summed E-state index contributed by atoms with van der Waals surface area (Å²) in [6.07, 6.45) is 0. The molecule has 2 rings (SSSR count). The number of benzene rings is 2. The number of hydrogen-bond donors (Lipinski definition) is 3. The Morgan fingerprint density at radius 2 is 1.78 bits per heavy atom. The van der Waals surface area contributed by atoms with Gasteiger partial charge < -0.3 is 10.1 Å². The minimum atomic E-state index is -0.638. The topological polar surface area (TPSA) is 79.5 Å². The number of methoxy groups -OCH3 is 1. The van der Waals surface area contributed by atoms with E-state index in [0.29, 0.717) is 16.5 Å². The van der Waals surface area contributed by atoms with Gasteiger partial charge in [-0.25, -0.2) is 10.2 Å². The quantitative estimate of drug-likeness (QED) is 0.739. The van der Waals surface area contributed by atoms with Crippen LogP contribution in [0.15, 0.2) is 42.5 Å². The molecule has 0 spiro atoms. The Kier molecular flexibility index (Phi) is 5.67. The van der Waals surface area contributed by atoms with Gasteiger partial charge in [-0.1, -0.05) is 35.3 Å². The number of hydrogen-bond acceptors (Lipinski definition) is 3. The lowest BCUT2D eigenvalue weighted by molar-refractivity contribution is 0.0938. The van der Waals surface area contributed by atoms with Gasteiger partial charge in [-0.05, 0) is 30.3 Å². The first-order valence-corrected chi connectivity index (χ1v) is 7.22. The van der Waals surface area contributed by atoms with Crippen LogP contribution in [0.5, 0.6) is 5.75 Å². The first-order valence-electron chi connectivity index (χ1n) is 6.46. The molecule has 0 aliphatic rings. The van der Waals surface area contributed by atoms with Crippen molar-refractivity contribution in [1.29, 1.82) is 0 Å². The highest BCUT2D eigenvalue weighted by molar-refractivity contribution is 6.35. The molecular weight excluding hydrogens is 341 g/mol. The molecule has 120 valence electrons. The molecule has 6 nitrogen and oxygen atoms in total. The van der Waals surface area contributed by atoms with E-state index in [1.54, 1.807) is 30.3 Å². The van der Waals surface area contributed by atoms with E-state index in [1.165, 1.54) is 19.2 Å². The molecule has 3 N–H and O–H groups in total. The van der Waals surface area contributed by atoms with E-state index < -0.39 is 11.9 Å². The van der Waals surface area contributed by atoms with Crippen LogP contribution < -0.4 is 20.9 Å². The van der Waals surface area contributed by atoms with Gasteiger partial charge in [0.25, 0.3) is 5.91 Å². The molecule has 0 radical (unpaired) electrons. The zero-order valence-electron chi connectivity index (χ0n) is 12.0. The number of anilines is 1. The highest BCUT2D eigenvalue weighted by Gasteiger charge is 2.12. The number of hydrazine groups is 1. The zero-order valence-corrected chi connectivity index (χ0v) is 13.5. The van der Waals surface area contributed by atoms with Crippen LogP contribution in [-0.4, -0.2) is 19.0 Å². The van der Waals surface area contributed by atoms with Crippen molar-refractivity contribution in [1.82, 2.24) is 10.9 Å². The van der Waals surface area contributed by atoms with Crippen molar-refractivity contribution in [3.8, 4) is 5.75 Å². The molecule has 0 unspecified atom stereocenters. The predicted molar refractivity (Wildman–Crippen MR) is 89.1 cm³/mol. The van der Waals surface area contributed by atoms with Gasteiger partial charge in [0.2, 0.25) is 0 Å². The molecule has 8 heteroatoms. The lowest BCUT2D eigenvalue weighted by Crippen LogP contribution is -2.44. The Morgan fingerprint density at radius 1 is 1.04 bits per heavy atom. The second-order valence-electron chi connectivity index (χ2n) is 4.36. The molecule has 0 saturated carbocycles. The van der Waals surface area contributed by atoms with E-state index in [0.717, 1.165) is 0 Å². The number of carbonyl (C=O) groups is 2. The van der Waals surface area contributed by atoms with Crippen LogP contribution in [0.2, 0.25) is 10.0 Å². The maximum Gasteiger partial charge on any atom is 0.338 e. The third kappa shape index (κ3) is 4.51. The number of ether oxygens (including phenoxy) is 1. The highest BCUT2D eigenvalue weighted by Crippen LogP contribution is 2.23. The fourth-order valence-corrected chi connectivity index (χ4v) is 2.13. The highest BCUT2D eigenvalue weighted by atomic mass is 35.5. The summed E-state index contributed by atoms with van der Waals surface area (Å²) in [5.74, 6) is -0.0976. The number of rotatable bonds is 3. The molecule has 0 bridgehead atoms. The van der Waals surface area contributed by atoms with Gasteiger partial charge in [0.05, 0.1) is 23.4 Å². The number of para-hydroxylation sites is 2. The summed E-state index contributed by atoms with van der Waals surface area (Å²) in [7, 11) is 1.49. The summed E-state index contributed by atoms with van der Waals surface area (Å²) in [4.78, 5) is 23.8. The van der Waals surface area contributed by atoms with Gasteiger partial charge in [-0.2, -0.15) is 0 Å². The van der Waals surface area contributed by atoms with E-state index in [4.69, 9.17) is 27.9 Å². The normalized spacial score (nSPS) is 9.87. The van der Waals surface area contributed by atoms with Crippen molar-refractivity contribution < 1.29 is 14.3 Å². The Labute approximate surface area is 142 Å². The van der Waals surface area contributed by atoms with Crippen LogP contribution in [-0.2, 0) is 0 Å². The second-order valence-corrected chi connectivity index (χ2v) is 5.20. The van der Waals surface area contributed by atoms with Crippen LogP contribution in [0.3, 0.4) is 0 Å². The molecule has 0 aliphatic carbocycles. The van der Waals surface area contributed by atoms with Crippen LogP contribution in [0, 0.1) is 0 Å². The fourth-order valence-electron chi connectivity index (χ4n) is 1.75. The van der Waals surface area contributed by atoms with Crippen LogP contribution in [0.4, 0.5) is 10.5 Å². The third-order valence-electron chi connectivity index (χ3n) is 2.82. The zero-order chi connectivity index (χ0) is 16.8. The minimum Gasteiger partial charge on any atom is -0.495 e. The molecule has 23 heavy (non-hydrogen) atoms. The van der Waals surface area contributed by atoms with E-state index in [2.05, 4.69) is 16.2 Å². The summed E-state index contributed by atoms with van der Waals surface area (Å²) >= 11 is 11.7. The minimum absolute atomic E-state index is 0.150. The van der Waals surface area contributed by atoms with E-state index in [1.807, 2.05) is 0 Å². The average molecular weight is 354 g/mol. The molecule has 3 amide bonds. The van der Waals surface area contributed by atoms with E-state index in [-0.39, 0.29) is 10.6 Å². The van der Waals surface area contributed by atoms with Crippen molar-refractivity contribution >= 4 is 40.8 Å². The van der Waals surface area contributed by atoms with Crippen molar-refractivity contribution in [2.45, 2.75) is 0 Å². The smallest absolute Gasteiger partial charge is 0.338 e. The second kappa shape index (κ2) is 7.71. The lowest BCUT2D eigenvalue weighted by atomic mass is 10.2. The molecular formula is C15H13Cl2N3O3.